The maximum atomic E-state index is 10.9. The summed E-state index contributed by atoms with van der Waals surface area (Å²) >= 11 is 0. The van der Waals surface area contributed by atoms with Crippen LogP contribution in [-0.2, 0) is 4.43 Å². The van der Waals surface area contributed by atoms with E-state index < -0.39 is 25.6 Å². The summed E-state index contributed by atoms with van der Waals surface area (Å²) in [5.41, 5.74) is 3.14. The highest BCUT2D eigenvalue weighted by atomic mass is 28.4. The van der Waals surface area contributed by atoms with Crippen LogP contribution >= 0.6 is 0 Å². The maximum absolute atomic E-state index is 10.9. The van der Waals surface area contributed by atoms with Gasteiger partial charge in [0.2, 0.25) is 0 Å². The van der Waals surface area contributed by atoms with Gasteiger partial charge in [-0.15, -0.1) is 0 Å². The first kappa shape index (κ1) is 31.8. The first-order valence-electron chi connectivity index (χ1n) is 15.5. The summed E-state index contributed by atoms with van der Waals surface area (Å²) in [5, 5.41) is 21.2. The Morgan fingerprint density at radius 2 is 1.79 bits per heavy atom. The van der Waals surface area contributed by atoms with Gasteiger partial charge in [-0.1, -0.05) is 71.8 Å². The molecule has 2 N–H and O–H groups in total. The highest BCUT2D eigenvalue weighted by molar-refractivity contribution is 6.74. The molecule has 0 aromatic heterocycles. The van der Waals surface area contributed by atoms with Crippen molar-refractivity contribution in [3.63, 3.8) is 0 Å². The van der Waals surface area contributed by atoms with E-state index in [-0.39, 0.29) is 5.04 Å². The van der Waals surface area contributed by atoms with Crippen LogP contribution in [0.1, 0.15) is 120 Å². The van der Waals surface area contributed by atoms with Gasteiger partial charge in [-0.2, -0.15) is 0 Å². The zero-order chi connectivity index (χ0) is 28.7. The van der Waals surface area contributed by atoms with Crippen molar-refractivity contribution in [2.45, 2.75) is 155 Å². The molecule has 0 spiro atoms. The Kier molecular flexibility index (Phi) is 9.47. The Balaban J connectivity index is 1.78. The lowest BCUT2D eigenvalue weighted by Gasteiger charge is -2.48. The van der Waals surface area contributed by atoms with Crippen LogP contribution in [0, 0.1) is 23.2 Å². The Bertz CT molecular complexity index is 917. The lowest BCUT2D eigenvalue weighted by Crippen LogP contribution is -2.52. The maximum Gasteiger partial charge on any atom is 0.193 e. The third-order valence-corrected chi connectivity index (χ3v) is 15.6. The van der Waals surface area contributed by atoms with Crippen LogP contribution in [0.2, 0.25) is 18.1 Å². The minimum Gasteiger partial charge on any atom is -0.408 e. The molecule has 2 unspecified atom stereocenters. The number of allylic oxidation sites excluding steroid dienone is 3. The molecule has 0 aromatic carbocycles. The van der Waals surface area contributed by atoms with Gasteiger partial charge < -0.3 is 14.6 Å². The SMILES string of the molecule is C=C1/C(=C\C=C2/CCC[C@@]3(C)C2CCC3[C@@H](C)CCCC(C)(C)O)C[C@@H](O)C[C@]1(C)O[Si](C)(C)C(C)(C)C. The summed E-state index contributed by atoms with van der Waals surface area (Å²) < 4.78 is 6.92. The Hall–Kier alpha value is -0.683. The Morgan fingerprint density at radius 3 is 2.39 bits per heavy atom. The molecule has 3 aliphatic carbocycles. The van der Waals surface area contributed by atoms with Crippen molar-refractivity contribution < 1.29 is 14.6 Å². The zero-order valence-electron chi connectivity index (χ0n) is 26.5. The number of aliphatic hydroxyl groups is 2. The van der Waals surface area contributed by atoms with Crippen molar-refractivity contribution >= 4 is 8.32 Å². The van der Waals surface area contributed by atoms with Gasteiger partial charge >= 0.3 is 0 Å². The van der Waals surface area contributed by atoms with Crippen molar-refractivity contribution in [1.29, 1.82) is 0 Å². The van der Waals surface area contributed by atoms with Crippen LogP contribution < -0.4 is 0 Å². The van der Waals surface area contributed by atoms with E-state index in [0.29, 0.717) is 30.1 Å². The molecule has 0 radical (unpaired) electrons. The van der Waals surface area contributed by atoms with Gasteiger partial charge in [-0.3, -0.25) is 0 Å². The lowest BCUT2D eigenvalue weighted by molar-refractivity contribution is 0.0288. The minimum atomic E-state index is -2.02. The number of aliphatic hydroxyl groups excluding tert-OH is 1. The highest BCUT2D eigenvalue weighted by Gasteiger charge is 2.51. The van der Waals surface area contributed by atoms with Gasteiger partial charge in [0.1, 0.15) is 0 Å². The summed E-state index contributed by atoms with van der Waals surface area (Å²) in [7, 11) is -2.02. The fourth-order valence-electron chi connectivity index (χ4n) is 7.83. The van der Waals surface area contributed by atoms with Gasteiger partial charge in [-0.25, -0.2) is 0 Å². The molecule has 38 heavy (non-hydrogen) atoms. The number of rotatable bonds is 8. The van der Waals surface area contributed by atoms with E-state index in [1.165, 1.54) is 44.1 Å². The number of hydrogen-bond donors (Lipinski definition) is 2. The Morgan fingerprint density at radius 1 is 1.13 bits per heavy atom. The number of hydrogen-bond acceptors (Lipinski definition) is 3. The van der Waals surface area contributed by atoms with Crippen molar-refractivity contribution in [2.75, 3.05) is 0 Å². The Labute approximate surface area is 236 Å². The van der Waals surface area contributed by atoms with Gasteiger partial charge in [0.25, 0.3) is 0 Å². The molecular weight excluding hydrogens is 484 g/mol. The molecule has 3 aliphatic rings. The molecule has 0 bridgehead atoms. The van der Waals surface area contributed by atoms with Crippen LogP contribution in [0.3, 0.4) is 0 Å². The molecule has 3 nitrogen and oxygen atoms in total. The third-order valence-electron chi connectivity index (χ3n) is 11.1. The molecule has 0 aliphatic heterocycles. The minimum absolute atomic E-state index is 0.113. The van der Waals surface area contributed by atoms with Gasteiger partial charge in [-0.05, 0) is 118 Å². The molecule has 0 heterocycles. The van der Waals surface area contributed by atoms with Crippen LogP contribution in [-0.4, -0.2) is 35.8 Å². The smallest absolute Gasteiger partial charge is 0.193 e. The molecule has 218 valence electrons. The normalized spacial score (nSPS) is 36.1. The van der Waals surface area contributed by atoms with Gasteiger partial charge in [0.05, 0.1) is 17.3 Å². The summed E-state index contributed by atoms with van der Waals surface area (Å²) in [4.78, 5) is 0. The van der Waals surface area contributed by atoms with E-state index in [1.807, 2.05) is 13.8 Å². The predicted molar refractivity (Wildman–Crippen MR) is 165 cm³/mol. The second-order valence-electron chi connectivity index (χ2n) is 15.8. The third kappa shape index (κ3) is 6.96. The number of fused-ring (bicyclic) bond motifs is 1. The van der Waals surface area contributed by atoms with Crippen molar-refractivity contribution in [3.05, 3.63) is 35.5 Å². The van der Waals surface area contributed by atoms with Crippen LogP contribution in [0.5, 0.6) is 0 Å². The quantitative estimate of drug-likeness (QED) is 0.300. The topological polar surface area (TPSA) is 49.7 Å². The van der Waals surface area contributed by atoms with E-state index in [0.717, 1.165) is 24.3 Å². The van der Waals surface area contributed by atoms with Gasteiger partial charge in [0.15, 0.2) is 8.32 Å². The van der Waals surface area contributed by atoms with Crippen LogP contribution in [0.25, 0.3) is 0 Å². The van der Waals surface area contributed by atoms with Crippen LogP contribution in [0.15, 0.2) is 35.5 Å². The average molecular weight is 545 g/mol. The molecule has 3 rings (SSSR count). The molecular formula is C34H60O3Si. The van der Waals surface area contributed by atoms with Crippen molar-refractivity contribution in [3.8, 4) is 0 Å². The standard InChI is InChI=1S/C34H60O3Si/c1-24(14-12-20-32(6,7)36)29-18-19-30-26(15-13-21-33(29,30)8)16-17-27-22-28(35)23-34(9,25(27)2)37-38(10,11)31(3,4)5/h16-17,24,28-30,35-36H,2,12-15,18-23H2,1,3-11H3/b26-16+,27-17-/t24-,28+,29?,30?,33+,34-/m0/s1. The lowest BCUT2D eigenvalue weighted by atomic mass is 9.60. The molecule has 3 saturated carbocycles. The first-order chi connectivity index (χ1) is 17.3. The predicted octanol–water partition coefficient (Wildman–Crippen LogP) is 9.12. The average Bonchev–Trinajstić information content (AvgIpc) is 3.10. The fourth-order valence-corrected chi connectivity index (χ4v) is 9.47. The van der Waals surface area contributed by atoms with Crippen LogP contribution in [0.4, 0.5) is 0 Å². The zero-order valence-corrected chi connectivity index (χ0v) is 27.5. The molecule has 4 heteroatoms. The van der Waals surface area contributed by atoms with E-state index >= 15 is 0 Å². The molecule has 6 atom stereocenters. The van der Waals surface area contributed by atoms with Gasteiger partial charge in [0, 0.05) is 6.42 Å². The largest absolute Gasteiger partial charge is 0.408 e. The van der Waals surface area contributed by atoms with Crippen molar-refractivity contribution in [1.82, 2.24) is 0 Å². The monoisotopic (exact) mass is 544 g/mol. The summed E-state index contributed by atoms with van der Waals surface area (Å²) in [5.74, 6) is 2.12. The highest BCUT2D eigenvalue weighted by Crippen LogP contribution is 2.60. The summed E-state index contributed by atoms with van der Waals surface area (Å²) in [6.45, 7) is 27.0. The molecule has 3 fully saturated rings. The molecule has 0 aromatic rings. The molecule has 0 saturated heterocycles. The summed E-state index contributed by atoms with van der Waals surface area (Å²) in [6.07, 6.45) is 15.2. The molecule has 0 amide bonds. The van der Waals surface area contributed by atoms with E-state index in [2.05, 4.69) is 73.4 Å². The second-order valence-corrected chi connectivity index (χ2v) is 20.6. The summed E-state index contributed by atoms with van der Waals surface area (Å²) in [6, 6.07) is 0. The second kappa shape index (κ2) is 11.3. The fraction of sp³-hybridized carbons (Fsp3) is 0.824. The first-order valence-corrected chi connectivity index (χ1v) is 18.4. The van der Waals surface area contributed by atoms with E-state index in [1.54, 1.807) is 5.57 Å². The van der Waals surface area contributed by atoms with E-state index in [9.17, 15) is 10.2 Å². The van der Waals surface area contributed by atoms with E-state index in [4.69, 9.17) is 4.43 Å². The van der Waals surface area contributed by atoms with Crippen molar-refractivity contribution in [2.24, 2.45) is 23.2 Å².